The van der Waals surface area contributed by atoms with Crippen LogP contribution in [0.25, 0.3) is 11.3 Å². The van der Waals surface area contributed by atoms with Gasteiger partial charge in [-0.3, -0.25) is 15.1 Å². The summed E-state index contributed by atoms with van der Waals surface area (Å²) in [6.45, 7) is 0. The van der Waals surface area contributed by atoms with Crippen molar-refractivity contribution in [2.45, 2.75) is 0 Å². The average Bonchev–Trinajstić information content (AvgIpc) is 3.09. The molecule has 0 aliphatic carbocycles. The molecule has 3 aromatic heterocycles. The molecule has 1 N–H and O–H groups in total. The SMILES string of the molecule is O=C(Nc1nc(-c2cccnc2)cs1)c1ccc(Cl)s1. The summed E-state index contributed by atoms with van der Waals surface area (Å²) >= 11 is 8.42. The van der Waals surface area contributed by atoms with Gasteiger partial charge in [0.1, 0.15) is 0 Å². The van der Waals surface area contributed by atoms with Gasteiger partial charge in [-0.25, -0.2) is 4.98 Å². The Morgan fingerprint density at radius 3 is 2.90 bits per heavy atom. The smallest absolute Gasteiger partial charge is 0.267 e. The monoisotopic (exact) mass is 321 g/mol. The van der Waals surface area contributed by atoms with E-state index in [1.165, 1.54) is 22.7 Å². The van der Waals surface area contributed by atoms with E-state index in [4.69, 9.17) is 11.6 Å². The minimum absolute atomic E-state index is 0.200. The highest BCUT2D eigenvalue weighted by atomic mass is 35.5. The molecule has 0 bridgehead atoms. The molecule has 20 heavy (non-hydrogen) atoms. The summed E-state index contributed by atoms with van der Waals surface area (Å²) in [5.41, 5.74) is 1.71. The van der Waals surface area contributed by atoms with Crippen LogP contribution in [0.1, 0.15) is 9.67 Å². The lowest BCUT2D eigenvalue weighted by Gasteiger charge is -1.98. The fourth-order valence-electron chi connectivity index (χ4n) is 1.57. The first-order valence-electron chi connectivity index (χ1n) is 5.65. The molecule has 0 atom stereocenters. The quantitative estimate of drug-likeness (QED) is 0.787. The number of pyridine rings is 1. The molecule has 0 fully saturated rings. The van der Waals surface area contributed by atoms with Crippen molar-refractivity contribution in [1.82, 2.24) is 9.97 Å². The van der Waals surface area contributed by atoms with Crippen molar-refractivity contribution in [3.05, 3.63) is 51.3 Å². The summed E-state index contributed by atoms with van der Waals surface area (Å²) in [5, 5.41) is 5.20. The van der Waals surface area contributed by atoms with Gasteiger partial charge in [0.15, 0.2) is 5.13 Å². The van der Waals surface area contributed by atoms with Crippen LogP contribution in [-0.4, -0.2) is 15.9 Å². The molecule has 0 saturated heterocycles. The Bertz CT molecular complexity index is 739. The zero-order valence-corrected chi connectivity index (χ0v) is 12.4. The van der Waals surface area contributed by atoms with Crippen LogP contribution in [0.3, 0.4) is 0 Å². The Hall–Kier alpha value is -1.76. The number of rotatable bonds is 3. The number of aromatic nitrogens is 2. The number of anilines is 1. The van der Waals surface area contributed by atoms with Gasteiger partial charge in [0.05, 0.1) is 14.9 Å². The molecule has 0 aromatic carbocycles. The lowest BCUT2D eigenvalue weighted by atomic mass is 10.2. The van der Waals surface area contributed by atoms with E-state index in [9.17, 15) is 4.79 Å². The van der Waals surface area contributed by atoms with Crippen LogP contribution in [0, 0.1) is 0 Å². The topological polar surface area (TPSA) is 54.9 Å². The van der Waals surface area contributed by atoms with E-state index < -0.39 is 0 Å². The predicted molar refractivity (Wildman–Crippen MR) is 82.6 cm³/mol. The maximum Gasteiger partial charge on any atom is 0.267 e. The van der Waals surface area contributed by atoms with Crippen LogP contribution in [0.5, 0.6) is 0 Å². The van der Waals surface area contributed by atoms with Crippen molar-refractivity contribution < 1.29 is 4.79 Å². The molecule has 3 rings (SSSR count). The Morgan fingerprint density at radius 1 is 1.30 bits per heavy atom. The van der Waals surface area contributed by atoms with Gasteiger partial charge in [-0.15, -0.1) is 22.7 Å². The maximum absolute atomic E-state index is 12.0. The molecule has 0 spiro atoms. The van der Waals surface area contributed by atoms with E-state index in [0.717, 1.165) is 11.3 Å². The summed E-state index contributed by atoms with van der Waals surface area (Å²) in [5.74, 6) is -0.200. The van der Waals surface area contributed by atoms with Crippen molar-refractivity contribution in [1.29, 1.82) is 0 Å². The summed E-state index contributed by atoms with van der Waals surface area (Å²) < 4.78 is 0.588. The highest BCUT2D eigenvalue weighted by Gasteiger charge is 2.11. The first-order chi connectivity index (χ1) is 9.72. The lowest BCUT2D eigenvalue weighted by molar-refractivity contribution is 0.103. The number of hydrogen-bond donors (Lipinski definition) is 1. The number of nitrogens with one attached hydrogen (secondary N) is 1. The van der Waals surface area contributed by atoms with Gasteiger partial charge in [0.25, 0.3) is 5.91 Å². The molecule has 0 aliphatic rings. The van der Waals surface area contributed by atoms with Crippen LogP contribution in [0.4, 0.5) is 5.13 Å². The van der Waals surface area contributed by atoms with E-state index in [0.29, 0.717) is 14.3 Å². The van der Waals surface area contributed by atoms with Crippen molar-refractivity contribution in [3.63, 3.8) is 0 Å². The highest BCUT2D eigenvalue weighted by Crippen LogP contribution is 2.26. The van der Waals surface area contributed by atoms with Crippen molar-refractivity contribution >= 4 is 45.3 Å². The van der Waals surface area contributed by atoms with E-state index in [1.807, 2.05) is 17.5 Å². The van der Waals surface area contributed by atoms with Crippen LogP contribution >= 0.6 is 34.3 Å². The number of hydrogen-bond acceptors (Lipinski definition) is 5. The van der Waals surface area contributed by atoms with Crippen LogP contribution < -0.4 is 5.32 Å². The van der Waals surface area contributed by atoms with E-state index in [-0.39, 0.29) is 5.91 Å². The fraction of sp³-hybridized carbons (Fsp3) is 0. The van der Waals surface area contributed by atoms with Crippen LogP contribution in [0.15, 0.2) is 42.0 Å². The molecule has 0 saturated carbocycles. The van der Waals surface area contributed by atoms with Crippen molar-refractivity contribution in [3.8, 4) is 11.3 Å². The molecular formula is C13H8ClN3OS2. The second kappa shape index (κ2) is 5.70. The van der Waals surface area contributed by atoms with Crippen LogP contribution in [0.2, 0.25) is 4.34 Å². The zero-order chi connectivity index (χ0) is 13.9. The van der Waals surface area contributed by atoms with Gasteiger partial charge in [0.2, 0.25) is 0 Å². The maximum atomic E-state index is 12.0. The fourth-order valence-corrected chi connectivity index (χ4v) is 3.23. The summed E-state index contributed by atoms with van der Waals surface area (Å²) in [7, 11) is 0. The molecule has 0 radical (unpaired) electrons. The largest absolute Gasteiger partial charge is 0.297 e. The zero-order valence-electron chi connectivity index (χ0n) is 10.0. The molecule has 0 unspecified atom stereocenters. The number of nitrogens with zero attached hydrogens (tertiary/aromatic N) is 2. The number of thiophene rings is 1. The molecule has 4 nitrogen and oxygen atoms in total. The summed E-state index contributed by atoms with van der Waals surface area (Å²) in [6, 6.07) is 7.16. The lowest BCUT2D eigenvalue weighted by Crippen LogP contribution is -2.09. The van der Waals surface area contributed by atoms with Crippen molar-refractivity contribution in [2.75, 3.05) is 5.32 Å². The first kappa shape index (κ1) is 13.2. The Kier molecular flexibility index (Phi) is 3.77. The highest BCUT2D eigenvalue weighted by molar-refractivity contribution is 7.18. The third-order valence-corrected chi connectivity index (χ3v) is 4.47. The minimum atomic E-state index is -0.200. The number of thiazole rings is 1. The van der Waals surface area contributed by atoms with Gasteiger partial charge in [0, 0.05) is 23.3 Å². The molecule has 3 aromatic rings. The summed E-state index contributed by atoms with van der Waals surface area (Å²) in [4.78, 5) is 20.9. The third-order valence-electron chi connectivity index (χ3n) is 2.48. The number of amides is 1. The van der Waals surface area contributed by atoms with Crippen LogP contribution in [-0.2, 0) is 0 Å². The van der Waals surface area contributed by atoms with Gasteiger partial charge < -0.3 is 0 Å². The van der Waals surface area contributed by atoms with E-state index >= 15 is 0 Å². The normalized spacial score (nSPS) is 10.4. The molecular weight excluding hydrogens is 314 g/mol. The minimum Gasteiger partial charge on any atom is -0.297 e. The van der Waals surface area contributed by atoms with Gasteiger partial charge in [-0.05, 0) is 24.3 Å². The average molecular weight is 322 g/mol. The summed E-state index contributed by atoms with van der Waals surface area (Å²) in [6.07, 6.45) is 3.44. The molecule has 100 valence electrons. The van der Waals surface area contributed by atoms with Crippen molar-refractivity contribution in [2.24, 2.45) is 0 Å². The molecule has 3 heterocycles. The Balaban J connectivity index is 1.76. The second-order valence-electron chi connectivity index (χ2n) is 3.84. The van der Waals surface area contributed by atoms with E-state index in [2.05, 4.69) is 15.3 Å². The third kappa shape index (κ3) is 2.87. The Morgan fingerprint density at radius 2 is 2.20 bits per heavy atom. The Labute approximate surface area is 128 Å². The molecule has 1 amide bonds. The standard InChI is InChI=1S/C13H8ClN3OS2/c14-11-4-3-10(20-11)12(18)17-13-16-9(7-19-13)8-2-1-5-15-6-8/h1-7H,(H,16,17,18). The van der Waals surface area contributed by atoms with E-state index in [1.54, 1.807) is 24.5 Å². The number of carbonyl (C=O) groups is 1. The first-order valence-corrected chi connectivity index (χ1v) is 7.72. The van der Waals surface area contributed by atoms with Gasteiger partial charge in [-0.1, -0.05) is 11.6 Å². The predicted octanol–water partition coefficient (Wildman–Crippen LogP) is 4.17. The second-order valence-corrected chi connectivity index (χ2v) is 6.41. The van der Waals surface area contributed by atoms with Gasteiger partial charge in [-0.2, -0.15) is 0 Å². The molecule has 0 aliphatic heterocycles. The van der Waals surface area contributed by atoms with Gasteiger partial charge >= 0.3 is 0 Å². The molecule has 7 heteroatoms. The number of halogens is 1. The number of carbonyl (C=O) groups excluding carboxylic acids is 1.